The summed E-state index contributed by atoms with van der Waals surface area (Å²) in [4.78, 5) is 25.3. The number of thioether (sulfide) groups is 1. The van der Waals surface area contributed by atoms with Crippen molar-refractivity contribution < 1.29 is 31.6 Å². The number of methoxy groups -OCH3 is 1. The van der Waals surface area contributed by atoms with Crippen LogP contribution in [-0.4, -0.2) is 48.6 Å². The van der Waals surface area contributed by atoms with E-state index in [0.29, 0.717) is 18.7 Å². The number of ketones is 1. The second kappa shape index (κ2) is 8.39. The zero-order valence-corrected chi connectivity index (χ0v) is 12.4. The van der Waals surface area contributed by atoms with Gasteiger partial charge in [0.2, 0.25) is 5.50 Å². The topological polar surface area (TPSA) is 51.1 Å². The van der Waals surface area contributed by atoms with Gasteiger partial charge in [-0.2, -0.15) is 0 Å². The first kappa shape index (κ1) is 17.3. The number of quaternary nitrogens is 1. The van der Waals surface area contributed by atoms with Crippen LogP contribution < -0.4 is 17.3 Å². The van der Waals surface area contributed by atoms with Gasteiger partial charge in [0, 0.05) is 7.05 Å². The molecule has 0 saturated heterocycles. The average Bonchev–Trinajstić information content (AvgIpc) is 2.64. The molecule has 0 saturated carbocycles. The smallest absolute Gasteiger partial charge is 0.311 e. The van der Waals surface area contributed by atoms with Crippen LogP contribution in [0.2, 0.25) is 0 Å². The molecule has 1 heterocycles. The SMILES string of the molecule is COC(=O)CC[NH+]1C=CN(C)C1SCC(C)=O.[Cl-]. The molecule has 1 N–H and O–H groups in total. The van der Waals surface area contributed by atoms with E-state index in [2.05, 4.69) is 9.64 Å². The lowest BCUT2D eigenvalue weighted by molar-refractivity contribution is -0.859. The number of esters is 1. The lowest BCUT2D eigenvalue weighted by Gasteiger charge is -2.24. The fraction of sp³-hybridized carbons (Fsp3) is 0.636. The summed E-state index contributed by atoms with van der Waals surface area (Å²) in [6.07, 6.45) is 4.38. The van der Waals surface area contributed by atoms with Crippen molar-refractivity contribution >= 4 is 23.5 Å². The molecule has 0 aromatic carbocycles. The highest BCUT2D eigenvalue weighted by molar-refractivity contribution is 8.00. The van der Waals surface area contributed by atoms with Crippen molar-refractivity contribution in [3.63, 3.8) is 0 Å². The minimum absolute atomic E-state index is 0. The zero-order chi connectivity index (χ0) is 12.8. The van der Waals surface area contributed by atoms with E-state index >= 15 is 0 Å². The number of carbonyl (C=O) groups excluding carboxylic acids is 2. The van der Waals surface area contributed by atoms with Gasteiger partial charge in [-0.3, -0.25) is 14.5 Å². The van der Waals surface area contributed by atoms with E-state index in [0.717, 1.165) is 0 Å². The predicted molar refractivity (Wildman–Crippen MR) is 66.3 cm³/mol. The molecule has 0 aromatic rings. The molecule has 2 atom stereocenters. The number of carbonyl (C=O) groups is 2. The van der Waals surface area contributed by atoms with Crippen LogP contribution in [0.15, 0.2) is 12.4 Å². The molecule has 0 amide bonds. The second-order valence-electron chi connectivity index (χ2n) is 4.00. The van der Waals surface area contributed by atoms with Crippen molar-refractivity contribution in [1.29, 1.82) is 0 Å². The minimum atomic E-state index is -0.198. The predicted octanol–water partition coefficient (Wildman–Crippen LogP) is -3.54. The zero-order valence-electron chi connectivity index (χ0n) is 10.8. The van der Waals surface area contributed by atoms with Crippen LogP contribution in [0.5, 0.6) is 0 Å². The number of hydrogen-bond acceptors (Lipinski definition) is 5. The third-order valence-corrected chi connectivity index (χ3v) is 4.02. The number of nitrogens with one attached hydrogen (secondary N) is 1. The van der Waals surface area contributed by atoms with E-state index in [-0.39, 0.29) is 29.7 Å². The molecule has 0 spiro atoms. The molecule has 0 aliphatic carbocycles. The van der Waals surface area contributed by atoms with Crippen LogP contribution in [-0.2, 0) is 14.3 Å². The normalized spacial score (nSPS) is 21.6. The Morgan fingerprint density at radius 3 is 2.72 bits per heavy atom. The van der Waals surface area contributed by atoms with Crippen molar-refractivity contribution in [3.05, 3.63) is 12.4 Å². The third-order valence-electron chi connectivity index (χ3n) is 2.50. The largest absolute Gasteiger partial charge is 1.00 e. The first-order valence-electron chi connectivity index (χ1n) is 5.48. The Hall–Kier alpha value is -0.720. The van der Waals surface area contributed by atoms with Gasteiger partial charge in [-0.15, -0.1) is 0 Å². The van der Waals surface area contributed by atoms with Crippen molar-refractivity contribution in [3.8, 4) is 0 Å². The fourth-order valence-corrected chi connectivity index (χ4v) is 2.72. The number of rotatable bonds is 6. The van der Waals surface area contributed by atoms with E-state index in [1.54, 1.807) is 18.7 Å². The summed E-state index contributed by atoms with van der Waals surface area (Å²) >= 11 is 1.59. The molecule has 0 aromatic heterocycles. The molecule has 0 bridgehead atoms. The highest BCUT2D eigenvalue weighted by atomic mass is 35.5. The van der Waals surface area contributed by atoms with Crippen LogP contribution >= 0.6 is 11.8 Å². The molecular weight excluding hydrogens is 276 g/mol. The molecular formula is C11H19ClN2O3S. The molecule has 2 unspecified atom stereocenters. The molecule has 1 aliphatic heterocycles. The Morgan fingerprint density at radius 2 is 2.17 bits per heavy atom. The van der Waals surface area contributed by atoms with Crippen LogP contribution in [0.1, 0.15) is 13.3 Å². The number of Topliss-reactive ketones (excluding diaryl/α,β-unsaturated/α-hetero) is 1. The lowest BCUT2D eigenvalue weighted by Crippen LogP contribution is -3.10. The third kappa shape index (κ3) is 5.29. The van der Waals surface area contributed by atoms with Crippen LogP contribution in [0.3, 0.4) is 0 Å². The van der Waals surface area contributed by atoms with Crippen LogP contribution in [0.25, 0.3) is 0 Å². The number of halogens is 1. The molecule has 0 fully saturated rings. The van der Waals surface area contributed by atoms with E-state index in [1.807, 2.05) is 19.4 Å². The number of hydrogen-bond donors (Lipinski definition) is 1. The van der Waals surface area contributed by atoms with Crippen LogP contribution in [0.4, 0.5) is 0 Å². The maximum absolute atomic E-state index is 11.1. The van der Waals surface area contributed by atoms with Gasteiger partial charge >= 0.3 is 5.97 Å². The Balaban J connectivity index is 0.00000289. The number of ether oxygens (including phenoxy) is 1. The average molecular weight is 295 g/mol. The van der Waals surface area contributed by atoms with E-state index in [1.165, 1.54) is 12.0 Å². The van der Waals surface area contributed by atoms with Gasteiger partial charge in [-0.1, -0.05) is 11.8 Å². The van der Waals surface area contributed by atoms with Gasteiger partial charge in [0.1, 0.15) is 12.0 Å². The summed E-state index contributed by atoms with van der Waals surface area (Å²) in [5.41, 5.74) is 0.170. The standard InChI is InChI=1S/C11H18N2O3S.ClH/c1-9(14)8-17-11-12(2)6-7-13(11)5-4-10(15)16-3;/h6-7,11H,4-5,8H2,1-3H3;1H. The molecule has 1 aliphatic rings. The Kier molecular flexibility index (Phi) is 8.06. The summed E-state index contributed by atoms with van der Waals surface area (Å²) in [7, 11) is 3.37. The summed E-state index contributed by atoms with van der Waals surface area (Å²) in [5.74, 6) is 0.469. The summed E-state index contributed by atoms with van der Waals surface area (Å²) in [5, 5.41) is 0. The minimum Gasteiger partial charge on any atom is -1.00 e. The molecule has 7 heteroatoms. The maximum Gasteiger partial charge on any atom is 0.311 e. The maximum atomic E-state index is 11.1. The molecule has 104 valence electrons. The van der Waals surface area contributed by atoms with Crippen molar-refractivity contribution in [2.75, 3.05) is 26.5 Å². The van der Waals surface area contributed by atoms with Crippen LogP contribution in [0, 0.1) is 0 Å². The number of nitrogens with zero attached hydrogens (tertiary/aromatic N) is 1. The Labute approximate surface area is 118 Å². The Bertz CT molecular complexity index is 325. The molecule has 1 rings (SSSR count). The summed E-state index contributed by atoms with van der Waals surface area (Å²) in [6.45, 7) is 2.27. The monoisotopic (exact) mass is 294 g/mol. The van der Waals surface area contributed by atoms with Crippen molar-refractivity contribution in [2.45, 2.75) is 18.8 Å². The van der Waals surface area contributed by atoms with Crippen molar-refractivity contribution in [1.82, 2.24) is 4.90 Å². The van der Waals surface area contributed by atoms with Crippen molar-refractivity contribution in [2.24, 2.45) is 0 Å². The molecule has 18 heavy (non-hydrogen) atoms. The second-order valence-corrected chi connectivity index (χ2v) is 5.07. The molecule has 5 nitrogen and oxygen atoms in total. The van der Waals surface area contributed by atoms with Gasteiger partial charge in [0.15, 0.2) is 0 Å². The van der Waals surface area contributed by atoms with Gasteiger partial charge in [-0.25, -0.2) is 0 Å². The highest BCUT2D eigenvalue weighted by Crippen LogP contribution is 2.12. The van der Waals surface area contributed by atoms with Gasteiger partial charge < -0.3 is 22.0 Å². The highest BCUT2D eigenvalue weighted by Gasteiger charge is 2.29. The van der Waals surface area contributed by atoms with E-state index in [4.69, 9.17) is 0 Å². The lowest BCUT2D eigenvalue weighted by atomic mass is 10.4. The fourth-order valence-electron chi connectivity index (χ4n) is 1.61. The molecule has 0 radical (unpaired) electrons. The van der Waals surface area contributed by atoms with E-state index < -0.39 is 0 Å². The Morgan fingerprint density at radius 1 is 1.50 bits per heavy atom. The van der Waals surface area contributed by atoms with E-state index in [9.17, 15) is 9.59 Å². The van der Waals surface area contributed by atoms with Gasteiger partial charge in [-0.05, 0) is 6.92 Å². The first-order chi connectivity index (χ1) is 8.04. The summed E-state index contributed by atoms with van der Waals surface area (Å²) in [6, 6.07) is 0. The summed E-state index contributed by atoms with van der Waals surface area (Å²) < 4.78 is 4.62. The quantitative estimate of drug-likeness (QED) is 0.515. The first-order valence-corrected chi connectivity index (χ1v) is 6.53. The van der Waals surface area contributed by atoms with Gasteiger partial charge in [0.05, 0.1) is 32.0 Å². The van der Waals surface area contributed by atoms with Gasteiger partial charge in [0.25, 0.3) is 0 Å².